The number of hydrogen-bond acceptors (Lipinski definition) is 2. The van der Waals surface area contributed by atoms with Crippen LogP contribution < -0.4 is 0 Å². The summed E-state index contributed by atoms with van der Waals surface area (Å²) in [6.07, 6.45) is 0. The number of fused-ring (bicyclic) bond motifs is 1. The summed E-state index contributed by atoms with van der Waals surface area (Å²) in [4.78, 5) is 12.4. The van der Waals surface area contributed by atoms with Crippen molar-refractivity contribution >= 4 is 32.7 Å². The molecule has 3 aromatic rings. The predicted octanol–water partition coefficient (Wildman–Crippen LogP) is 4.87. The Morgan fingerprint density at radius 1 is 1.20 bits per heavy atom. The first-order valence-electron chi connectivity index (χ1n) is 6.05. The number of carbonyl (C=O) groups is 1. The van der Waals surface area contributed by atoms with E-state index >= 15 is 0 Å². The molecule has 0 amide bonds. The van der Waals surface area contributed by atoms with Crippen LogP contribution in [0.25, 0.3) is 11.0 Å². The molecule has 0 fully saturated rings. The maximum atomic E-state index is 13.6. The van der Waals surface area contributed by atoms with E-state index in [9.17, 15) is 9.18 Å². The molecule has 4 heteroatoms. The summed E-state index contributed by atoms with van der Waals surface area (Å²) in [7, 11) is 0. The Balaban J connectivity index is 2.10. The monoisotopic (exact) mass is 332 g/mol. The average molecular weight is 333 g/mol. The molecular weight excluding hydrogens is 323 g/mol. The van der Waals surface area contributed by atoms with Crippen molar-refractivity contribution in [2.45, 2.75) is 6.92 Å². The Morgan fingerprint density at radius 2 is 2.00 bits per heavy atom. The van der Waals surface area contributed by atoms with Crippen LogP contribution in [0.3, 0.4) is 0 Å². The highest BCUT2D eigenvalue weighted by Crippen LogP contribution is 2.26. The lowest BCUT2D eigenvalue weighted by Gasteiger charge is -2.02. The first-order valence-corrected chi connectivity index (χ1v) is 6.84. The molecule has 0 atom stereocenters. The van der Waals surface area contributed by atoms with Gasteiger partial charge in [-0.1, -0.05) is 34.1 Å². The van der Waals surface area contributed by atoms with Gasteiger partial charge >= 0.3 is 0 Å². The second-order valence-electron chi connectivity index (χ2n) is 4.58. The number of carbonyl (C=O) groups excluding carboxylic acids is 1. The number of rotatable bonds is 2. The third kappa shape index (κ3) is 2.16. The minimum atomic E-state index is -0.468. The molecule has 0 aliphatic rings. The molecule has 1 aromatic heterocycles. The second kappa shape index (κ2) is 4.87. The van der Waals surface area contributed by atoms with E-state index in [0.717, 1.165) is 5.56 Å². The summed E-state index contributed by atoms with van der Waals surface area (Å²) in [6, 6.07) is 11.6. The molecule has 3 rings (SSSR count). The lowest BCUT2D eigenvalue weighted by molar-refractivity contribution is 0.101. The highest BCUT2D eigenvalue weighted by atomic mass is 79.9. The zero-order valence-electron chi connectivity index (χ0n) is 10.6. The third-order valence-corrected chi connectivity index (χ3v) is 3.75. The van der Waals surface area contributed by atoms with Crippen molar-refractivity contribution in [3.05, 3.63) is 69.6 Å². The molecule has 100 valence electrons. The van der Waals surface area contributed by atoms with Crippen molar-refractivity contribution < 1.29 is 13.6 Å². The van der Waals surface area contributed by atoms with E-state index in [1.54, 1.807) is 24.3 Å². The molecule has 0 saturated heterocycles. The number of para-hydroxylation sites is 1. The molecule has 0 aliphatic carbocycles. The summed E-state index contributed by atoms with van der Waals surface area (Å²) >= 11 is 3.37. The number of ketones is 1. The Kier molecular flexibility index (Phi) is 3.18. The first kappa shape index (κ1) is 13.1. The molecule has 2 aromatic carbocycles. The summed E-state index contributed by atoms with van der Waals surface area (Å²) < 4.78 is 19.6. The molecule has 0 saturated carbocycles. The zero-order valence-corrected chi connectivity index (χ0v) is 12.2. The SMILES string of the molecule is Cc1ccc(C(=O)c2cc3cccc(F)c3o2)c(Br)c1. The van der Waals surface area contributed by atoms with Crippen LogP contribution in [0.5, 0.6) is 0 Å². The van der Waals surface area contributed by atoms with Crippen molar-refractivity contribution in [2.75, 3.05) is 0 Å². The van der Waals surface area contributed by atoms with Gasteiger partial charge in [-0.05, 0) is 36.8 Å². The van der Waals surface area contributed by atoms with E-state index in [2.05, 4.69) is 15.9 Å². The molecular formula is C16H10BrFO2. The van der Waals surface area contributed by atoms with Crippen LogP contribution in [0.15, 0.2) is 51.4 Å². The van der Waals surface area contributed by atoms with Crippen LogP contribution in [0.4, 0.5) is 4.39 Å². The number of halogens is 2. The van der Waals surface area contributed by atoms with E-state index in [1.807, 2.05) is 19.1 Å². The van der Waals surface area contributed by atoms with E-state index in [-0.39, 0.29) is 17.1 Å². The Bertz CT molecular complexity index is 820. The Morgan fingerprint density at radius 3 is 2.70 bits per heavy atom. The summed E-state index contributed by atoms with van der Waals surface area (Å²) in [5.41, 5.74) is 1.65. The van der Waals surface area contributed by atoms with Gasteiger partial charge in [-0.3, -0.25) is 4.79 Å². The van der Waals surface area contributed by atoms with Crippen LogP contribution in [-0.2, 0) is 0 Å². The van der Waals surface area contributed by atoms with Crippen LogP contribution in [0, 0.1) is 12.7 Å². The molecule has 1 heterocycles. The Hall–Kier alpha value is -1.94. The van der Waals surface area contributed by atoms with E-state index < -0.39 is 5.82 Å². The van der Waals surface area contributed by atoms with Gasteiger partial charge in [-0.15, -0.1) is 0 Å². The van der Waals surface area contributed by atoms with Gasteiger partial charge in [0.05, 0.1) is 0 Å². The highest BCUT2D eigenvalue weighted by molar-refractivity contribution is 9.10. The normalized spacial score (nSPS) is 10.9. The fourth-order valence-electron chi connectivity index (χ4n) is 2.08. The van der Waals surface area contributed by atoms with Crippen LogP contribution in [-0.4, -0.2) is 5.78 Å². The maximum Gasteiger partial charge on any atom is 0.229 e. The van der Waals surface area contributed by atoms with Crippen LogP contribution in [0.2, 0.25) is 0 Å². The van der Waals surface area contributed by atoms with E-state index in [1.165, 1.54) is 6.07 Å². The minimum absolute atomic E-state index is 0.110. The largest absolute Gasteiger partial charge is 0.449 e. The smallest absolute Gasteiger partial charge is 0.229 e. The van der Waals surface area contributed by atoms with Gasteiger partial charge in [-0.25, -0.2) is 4.39 Å². The van der Waals surface area contributed by atoms with Gasteiger partial charge in [0.15, 0.2) is 17.2 Å². The van der Waals surface area contributed by atoms with Crippen molar-refractivity contribution in [3.63, 3.8) is 0 Å². The number of furan rings is 1. The molecule has 0 bridgehead atoms. The van der Waals surface area contributed by atoms with Gasteiger partial charge in [0.1, 0.15) is 0 Å². The lowest BCUT2D eigenvalue weighted by atomic mass is 10.1. The fourth-order valence-corrected chi connectivity index (χ4v) is 2.75. The zero-order chi connectivity index (χ0) is 14.3. The predicted molar refractivity (Wildman–Crippen MR) is 78.5 cm³/mol. The van der Waals surface area contributed by atoms with Gasteiger partial charge in [0.25, 0.3) is 0 Å². The molecule has 0 radical (unpaired) electrons. The van der Waals surface area contributed by atoms with Crippen molar-refractivity contribution in [3.8, 4) is 0 Å². The van der Waals surface area contributed by atoms with Crippen LogP contribution >= 0.6 is 15.9 Å². The van der Waals surface area contributed by atoms with Crippen molar-refractivity contribution in [1.29, 1.82) is 0 Å². The molecule has 0 spiro atoms. The third-order valence-electron chi connectivity index (χ3n) is 3.09. The average Bonchev–Trinajstić information content (AvgIpc) is 2.83. The fraction of sp³-hybridized carbons (Fsp3) is 0.0625. The summed E-state index contributed by atoms with van der Waals surface area (Å²) in [5.74, 6) is -0.605. The Labute approximate surface area is 123 Å². The quantitative estimate of drug-likeness (QED) is 0.626. The van der Waals surface area contributed by atoms with Gasteiger partial charge in [-0.2, -0.15) is 0 Å². The summed E-state index contributed by atoms with van der Waals surface area (Å²) in [6.45, 7) is 1.94. The van der Waals surface area contributed by atoms with Gasteiger partial charge in [0.2, 0.25) is 5.78 Å². The van der Waals surface area contributed by atoms with E-state index in [4.69, 9.17) is 4.42 Å². The minimum Gasteiger partial charge on any atom is -0.449 e. The van der Waals surface area contributed by atoms with Crippen molar-refractivity contribution in [1.82, 2.24) is 0 Å². The number of hydrogen-bond donors (Lipinski definition) is 0. The highest BCUT2D eigenvalue weighted by Gasteiger charge is 2.18. The van der Waals surface area contributed by atoms with Gasteiger partial charge in [0, 0.05) is 15.4 Å². The molecule has 0 aliphatic heterocycles. The summed E-state index contributed by atoms with van der Waals surface area (Å²) in [5, 5.41) is 0.580. The maximum absolute atomic E-state index is 13.6. The topological polar surface area (TPSA) is 30.2 Å². The number of benzene rings is 2. The molecule has 0 unspecified atom stereocenters. The van der Waals surface area contributed by atoms with E-state index in [0.29, 0.717) is 15.4 Å². The molecule has 20 heavy (non-hydrogen) atoms. The lowest BCUT2D eigenvalue weighted by Crippen LogP contribution is -2.00. The standard InChI is InChI=1S/C16H10BrFO2/c1-9-5-6-11(12(17)7-9)15(19)14-8-10-3-2-4-13(18)16(10)20-14/h2-8H,1H3. The van der Waals surface area contributed by atoms with Gasteiger partial charge < -0.3 is 4.42 Å². The molecule has 2 nitrogen and oxygen atoms in total. The number of aryl methyl sites for hydroxylation is 1. The van der Waals surface area contributed by atoms with Crippen molar-refractivity contribution in [2.24, 2.45) is 0 Å². The van der Waals surface area contributed by atoms with Crippen LogP contribution in [0.1, 0.15) is 21.7 Å². The first-order chi connectivity index (χ1) is 9.56. The molecule has 0 N–H and O–H groups in total. The second-order valence-corrected chi connectivity index (χ2v) is 5.44.